The van der Waals surface area contributed by atoms with E-state index in [4.69, 9.17) is 9.84 Å². The summed E-state index contributed by atoms with van der Waals surface area (Å²) in [5.41, 5.74) is 0.804. The number of rotatable bonds is 5. The molecule has 1 aliphatic heterocycles. The first-order valence-electron chi connectivity index (χ1n) is 6.70. The zero-order valence-corrected chi connectivity index (χ0v) is 11.5. The van der Waals surface area contributed by atoms with Gasteiger partial charge in [0.25, 0.3) is 0 Å². The van der Waals surface area contributed by atoms with E-state index in [-0.39, 0.29) is 18.4 Å². The van der Waals surface area contributed by atoms with Crippen molar-refractivity contribution in [3.05, 3.63) is 27.9 Å². The van der Waals surface area contributed by atoms with Crippen molar-refractivity contribution in [3.63, 3.8) is 0 Å². The lowest BCUT2D eigenvalue weighted by Gasteiger charge is -2.33. The van der Waals surface area contributed by atoms with E-state index >= 15 is 0 Å². The molecule has 1 fully saturated rings. The number of hydrogen-bond acceptors (Lipinski definition) is 6. The Morgan fingerprint density at radius 1 is 1.65 bits per heavy atom. The monoisotopic (exact) mass is 281 g/mol. The first kappa shape index (κ1) is 14.7. The van der Waals surface area contributed by atoms with Crippen molar-refractivity contribution in [2.75, 3.05) is 31.2 Å². The van der Waals surface area contributed by atoms with Gasteiger partial charge in [0.05, 0.1) is 24.2 Å². The summed E-state index contributed by atoms with van der Waals surface area (Å²) in [5, 5.41) is 19.9. The van der Waals surface area contributed by atoms with Gasteiger partial charge in [0.15, 0.2) is 0 Å². The predicted molar refractivity (Wildman–Crippen MR) is 73.9 cm³/mol. The summed E-state index contributed by atoms with van der Waals surface area (Å²) in [6.45, 7) is 3.36. The number of anilines is 1. The molecule has 2 rings (SSSR count). The van der Waals surface area contributed by atoms with Crippen LogP contribution in [0.1, 0.15) is 18.4 Å². The second kappa shape index (κ2) is 6.62. The normalized spacial score (nSPS) is 19.1. The fraction of sp³-hybridized carbons (Fsp3) is 0.615. The van der Waals surface area contributed by atoms with Crippen LogP contribution in [0.2, 0.25) is 0 Å². The smallest absolute Gasteiger partial charge is 0.311 e. The van der Waals surface area contributed by atoms with Crippen molar-refractivity contribution >= 4 is 11.5 Å². The molecule has 20 heavy (non-hydrogen) atoms. The highest BCUT2D eigenvalue weighted by molar-refractivity contribution is 5.58. The average Bonchev–Trinajstić information content (AvgIpc) is 2.45. The van der Waals surface area contributed by atoms with Crippen LogP contribution in [0.25, 0.3) is 0 Å². The molecule has 1 saturated heterocycles. The first-order valence-corrected chi connectivity index (χ1v) is 6.70. The molecule has 7 nitrogen and oxygen atoms in total. The number of aromatic nitrogens is 1. The highest BCUT2D eigenvalue weighted by atomic mass is 16.6. The van der Waals surface area contributed by atoms with E-state index in [9.17, 15) is 10.1 Å². The van der Waals surface area contributed by atoms with E-state index in [0.717, 1.165) is 24.9 Å². The quantitative estimate of drug-likeness (QED) is 0.646. The van der Waals surface area contributed by atoms with Gasteiger partial charge in [0.1, 0.15) is 0 Å². The standard InChI is InChI=1S/C13H19N3O4/c1-10-7-12(16(18)19)13(14-8-10)15-4-2-3-11(9-15)20-6-5-17/h7-8,11,17H,2-6,9H2,1H3. The van der Waals surface area contributed by atoms with Gasteiger partial charge in [-0.3, -0.25) is 10.1 Å². The molecule has 0 radical (unpaired) electrons. The number of ether oxygens (including phenoxy) is 1. The number of pyridine rings is 1. The van der Waals surface area contributed by atoms with Gasteiger partial charge < -0.3 is 14.7 Å². The number of aliphatic hydroxyl groups is 1. The average molecular weight is 281 g/mol. The Morgan fingerprint density at radius 2 is 2.45 bits per heavy atom. The SMILES string of the molecule is Cc1cnc(N2CCCC(OCCO)C2)c([N+](=O)[O-])c1. The summed E-state index contributed by atoms with van der Waals surface area (Å²) in [6, 6.07) is 1.54. The van der Waals surface area contributed by atoms with E-state index in [1.807, 2.05) is 4.90 Å². The van der Waals surface area contributed by atoms with Gasteiger partial charge >= 0.3 is 5.69 Å². The van der Waals surface area contributed by atoms with E-state index < -0.39 is 4.92 Å². The van der Waals surface area contributed by atoms with Crippen molar-refractivity contribution in [2.24, 2.45) is 0 Å². The van der Waals surface area contributed by atoms with Gasteiger partial charge in [-0.1, -0.05) is 0 Å². The molecule has 0 aliphatic carbocycles. The number of nitro groups is 1. The highest BCUT2D eigenvalue weighted by Crippen LogP contribution is 2.29. The maximum atomic E-state index is 11.1. The summed E-state index contributed by atoms with van der Waals surface area (Å²) in [5.74, 6) is 0.401. The molecule has 1 aliphatic rings. The fourth-order valence-electron chi connectivity index (χ4n) is 2.41. The predicted octanol–water partition coefficient (Wildman–Crippen LogP) is 1.28. The van der Waals surface area contributed by atoms with Crippen LogP contribution >= 0.6 is 0 Å². The topological polar surface area (TPSA) is 88.7 Å². The molecule has 0 bridgehead atoms. The Balaban J connectivity index is 2.16. The Bertz CT molecular complexity index is 481. The molecule has 1 atom stereocenters. The number of hydrogen-bond donors (Lipinski definition) is 1. The second-order valence-corrected chi connectivity index (χ2v) is 4.92. The summed E-state index contributed by atoms with van der Waals surface area (Å²) >= 11 is 0. The minimum atomic E-state index is -0.395. The van der Waals surface area contributed by atoms with Crippen LogP contribution in [0.4, 0.5) is 11.5 Å². The minimum Gasteiger partial charge on any atom is -0.394 e. The molecule has 7 heteroatoms. The lowest BCUT2D eigenvalue weighted by molar-refractivity contribution is -0.384. The van der Waals surface area contributed by atoms with Crippen LogP contribution in [0, 0.1) is 17.0 Å². The Hall–Kier alpha value is -1.73. The molecular formula is C13H19N3O4. The maximum Gasteiger partial charge on any atom is 0.311 e. The maximum absolute atomic E-state index is 11.1. The molecule has 2 heterocycles. The van der Waals surface area contributed by atoms with Gasteiger partial charge in [0, 0.05) is 25.4 Å². The van der Waals surface area contributed by atoms with Crippen LogP contribution in [0.5, 0.6) is 0 Å². The van der Waals surface area contributed by atoms with E-state index in [1.54, 1.807) is 19.2 Å². The van der Waals surface area contributed by atoms with Crippen LogP contribution in [-0.2, 0) is 4.74 Å². The number of piperidine rings is 1. The van der Waals surface area contributed by atoms with Crippen LogP contribution in [0.15, 0.2) is 12.3 Å². The third kappa shape index (κ3) is 3.43. The van der Waals surface area contributed by atoms with Crippen molar-refractivity contribution in [2.45, 2.75) is 25.9 Å². The molecule has 0 amide bonds. The lowest BCUT2D eigenvalue weighted by Crippen LogP contribution is -2.40. The zero-order chi connectivity index (χ0) is 14.5. The first-order chi connectivity index (χ1) is 9.61. The molecule has 1 N–H and O–H groups in total. The third-order valence-electron chi connectivity index (χ3n) is 3.30. The summed E-state index contributed by atoms with van der Waals surface area (Å²) < 4.78 is 5.52. The van der Waals surface area contributed by atoms with Crippen LogP contribution in [-0.4, -0.2) is 47.4 Å². The van der Waals surface area contributed by atoms with Crippen LogP contribution in [0.3, 0.4) is 0 Å². The Morgan fingerprint density at radius 3 is 3.15 bits per heavy atom. The second-order valence-electron chi connectivity index (χ2n) is 4.92. The molecule has 110 valence electrons. The summed E-state index contributed by atoms with van der Waals surface area (Å²) in [4.78, 5) is 16.9. The highest BCUT2D eigenvalue weighted by Gasteiger charge is 2.27. The molecule has 1 aromatic rings. The van der Waals surface area contributed by atoms with Crippen molar-refractivity contribution in [1.82, 2.24) is 4.98 Å². The van der Waals surface area contributed by atoms with Crippen molar-refractivity contribution in [1.29, 1.82) is 0 Å². The van der Waals surface area contributed by atoms with Gasteiger partial charge in [-0.2, -0.15) is 0 Å². The number of aliphatic hydroxyl groups excluding tert-OH is 1. The molecule has 0 aromatic carbocycles. The largest absolute Gasteiger partial charge is 0.394 e. The molecule has 0 spiro atoms. The van der Waals surface area contributed by atoms with Crippen molar-refractivity contribution in [3.8, 4) is 0 Å². The van der Waals surface area contributed by atoms with Gasteiger partial charge in [-0.15, -0.1) is 0 Å². The van der Waals surface area contributed by atoms with Gasteiger partial charge in [0.2, 0.25) is 5.82 Å². The van der Waals surface area contributed by atoms with Crippen LogP contribution < -0.4 is 4.90 Å². The fourth-order valence-corrected chi connectivity index (χ4v) is 2.41. The molecule has 1 aromatic heterocycles. The Kier molecular flexibility index (Phi) is 4.86. The van der Waals surface area contributed by atoms with E-state index in [2.05, 4.69) is 4.98 Å². The Labute approximate surface area is 117 Å². The number of nitrogens with zero attached hydrogens (tertiary/aromatic N) is 3. The van der Waals surface area contributed by atoms with Gasteiger partial charge in [-0.25, -0.2) is 4.98 Å². The molecular weight excluding hydrogens is 262 g/mol. The molecule has 0 saturated carbocycles. The third-order valence-corrected chi connectivity index (χ3v) is 3.30. The van der Waals surface area contributed by atoms with E-state index in [1.165, 1.54) is 0 Å². The van der Waals surface area contributed by atoms with E-state index in [0.29, 0.717) is 19.0 Å². The number of aryl methyl sites for hydroxylation is 1. The summed E-state index contributed by atoms with van der Waals surface area (Å²) in [7, 11) is 0. The lowest BCUT2D eigenvalue weighted by atomic mass is 10.1. The zero-order valence-electron chi connectivity index (χ0n) is 11.5. The van der Waals surface area contributed by atoms with Gasteiger partial charge in [-0.05, 0) is 25.3 Å². The summed E-state index contributed by atoms with van der Waals surface area (Å²) in [6.07, 6.45) is 3.41. The minimum absolute atomic E-state index is 0.0145. The van der Waals surface area contributed by atoms with Crippen molar-refractivity contribution < 1.29 is 14.8 Å². The molecule has 1 unspecified atom stereocenters.